The summed E-state index contributed by atoms with van der Waals surface area (Å²) >= 11 is 17.1. The Balaban J connectivity index is 0.000000188. The van der Waals surface area contributed by atoms with Gasteiger partial charge in [0.25, 0.3) is 15.7 Å². The van der Waals surface area contributed by atoms with E-state index >= 15 is 0 Å². The van der Waals surface area contributed by atoms with Crippen molar-refractivity contribution in [3.05, 3.63) is 153 Å². The summed E-state index contributed by atoms with van der Waals surface area (Å²) in [4.78, 5) is 45.9. The normalized spacial score (nSPS) is 10.3. The van der Waals surface area contributed by atoms with Gasteiger partial charge in [-0.1, -0.05) is 64.6 Å². The maximum absolute atomic E-state index is 11.4. The van der Waals surface area contributed by atoms with E-state index in [1.807, 2.05) is 6.92 Å². The van der Waals surface area contributed by atoms with E-state index in [2.05, 4.69) is 61.0 Å². The highest BCUT2D eigenvalue weighted by molar-refractivity contribution is 7.86. The molecular weight excluding hydrogens is 949 g/mol. The number of hydrogen-bond acceptors (Lipinski definition) is 16. The van der Waals surface area contributed by atoms with E-state index in [0.29, 0.717) is 50.1 Å². The van der Waals surface area contributed by atoms with Gasteiger partial charge in [-0.05, 0) is 37.8 Å². The van der Waals surface area contributed by atoms with Gasteiger partial charge in [-0.3, -0.25) is 24.3 Å². The number of nitrogens with two attached hydrogens (primary N) is 1. The van der Waals surface area contributed by atoms with Gasteiger partial charge in [-0.2, -0.15) is 28.6 Å². The largest absolute Gasteiger partial charge is 0.480 e. The van der Waals surface area contributed by atoms with Gasteiger partial charge in [0.2, 0.25) is 30.0 Å². The number of fused-ring (bicyclic) bond motifs is 2. The first-order chi connectivity index (χ1) is 31.5. The predicted octanol–water partition coefficient (Wildman–Crippen LogP) is 5.68. The Bertz CT molecular complexity index is 3290. The fourth-order valence-corrected chi connectivity index (χ4v) is 7.00. The van der Waals surface area contributed by atoms with Crippen LogP contribution < -0.4 is 25.6 Å². The molecule has 0 aliphatic rings. The van der Waals surface area contributed by atoms with E-state index in [4.69, 9.17) is 61.1 Å². The zero-order chi connectivity index (χ0) is 48.0. The second-order valence-electron chi connectivity index (χ2n) is 13.0. The minimum atomic E-state index is -4.08. The van der Waals surface area contributed by atoms with E-state index in [1.54, 1.807) is 109 Å². The lowest BCUT2D eigenvalue weighted by Gasteiger charge is -2.07. The van der Waals surface area contributed by atoms with Crippen LogP contribution in [0.25, 0.3) is 33.8 Å². The lowest BCUT2D eigenvalue weighted by Crippen LogP contribution is -2.43. The van der Waals surface area contributed by atoms with Crippen molar-refractivity contribution >= 4 is 56.0 Å². The number of ether oxygens (including phenoxy) is 2. The Labute approximate surface area is 398 Å². The Kier molecular flexibility index (Phi) is 18.6. The molecule has 1 aromatic carbocycles. The molecule has 346 valence electrons. The van der Waals surface area contributed by atoms with Crippen LogP contribution in [0.5, 0.6) is 11.8 Å². The predicted molar refractivity (Wildman–Crippen MR) is 251 cm³/mol. The van der Waals surface area contributed by atoms with Crippen LogP contribution in [0.1, 0.15) is 29.9 Å². The molecule has 0 aliphatic carbocycles. The number of nitrogens with zero attached hydrogens (tertiary/aromatic N) is 13. The third-order valence-corrected chi connectivity index (χ3v) is 10.3. The summed E-state index contributed by atoms with van der Waals surface area (Å²) in [5.74, 6) is 9.33. The van der Waals surface area contributed by atoms with Gasteiger partial charge in [0, 0.05) is 24.8 Å². The summed E-state index contributed by atoms with van der Waals surface area (Å²) in [5.41, 5.74) is 4.84. The molecule has 0 saturated carbocycles. The van der Waals surface area contributed by atoms with Crippen LogP contribution >= 0.6 is 34.8 Å². The van der Waals surface area contributed by atoms with Crippen LogP contribution in [0.2, 0.25) is 15.1 Å². The first-order valence-corrected chi connectivity index (χ1v) is 21.1. The fourth-order valence-electron chi connectivity index (χ4n) is 5.63. The molecule has 0 fully saturated rings. The molecule has 0 saturated heterocycles. The van der Waals surface area contributed by atoms with Gasteiger partial charge in [0.15, 0.2) is 5.82 Å². The van der Waals surface area contributed by atoms with Crippen molar-refractivity contribution in [2.45, 2.75) is 33.1 Å². The molecule has 67 heavy (non-hydrogen) atoms. The van der Waals surface area contributed by atoms with Crippen molar-refractivity contribution in [3.63, 3.8) is 0 Å². The Morgan fingerprint density at radius 2 is 1.27 bits per heavy atom. The maximum Gasteiger partial charge on any atom is 0.295 e. The van der Waals surface area contributed by atoms with Crippen LogP contribution in [0.15, 0.2) is 115 Å². The first kappa shape index (κ1) is 51.9. The summed E-state index contributed by atoms with van der Waals surface area (Å²) in [5, 5.41) is 9.11. The Hall–Kier alpha value is -7.68. The molecule has 9 aromatic rings. The molecule has 0 amide bonds. The molecule has 8 aromatic heterocycles. The van der Waals surface area contributed by atoms with E-state index in [-0.39, 0.29) is 28.7 Å². The summed E-state index contributed by atoms with van der Waals surface area (Å²) < 4.78 is 45.5. The molecule has 25 heteroatoms. The highest BCUT2D eigenvalue weighted by atomic mass is 35.5. The SMILES string of the molecule is C.C#Cc1ncc(Cl)c(OC)n1.COc1nc(-c2cnn3ccncc23)ncc1Cl.Cc1cc(C)c(S(=O)(=O)O)c(C)c1.N[n+]1ccncc1.O=c1[nH]c(-c2cnn3ccncc23)ncc1Cl. The molecule has 0 spiro atoms. The number of nitrogens with one attached hydrogen (secondary N) is 1. The number of benzene rings is 1. The van der Waals surface area contributed by atoms with Gasteiger partial charge in [-0.15, -0.1) is 6.42 Å². The molecule has 0 bridgehead atoms. The molecule has 8 heterocycles. The van der Waals surface area contributed by atoms with E-state index < -0.39 is 10.1 Å². The van der Waals surface area contributed by atoms with Crippen molar-refractivity contribution in [3.8, 4) is 46.9 Å². The van der Waals surface area contributed by atoms with Crippen molar-refractivity contribution < 1.29 is 27.1 Å². The number of aromatic nitrogens is 14. The van der Waals surface area contributed by atoms with Gasteiger partial charge in [-0.25, -0.2) is 29.8 Å². The summed E-state index contributed by atoms with van der Waals surface area (Å²) in [6.45, 7) is 5.22. The topological polar surface area (TPSA) is 273 Å². The summed E-state index contributed by atoms with van der Waals surface area (Å²) in [6, 6.07) is 3.46. The lowest BCUT2D eigenvalue weighted by atomic mass is 10.1. The maximum atomic E-state index is 11.4. The minimum Gasteiger partial charge on any atom is -0.480 e. The fraction of sp³-hybridized carbons (Fsp3) is 0.143. The number of aryl methyl sites for hydroxylation is 3. The van der Waals surface area contributed by atoms with Crippen LogP contribution in [-0.2, 0) is 10.1 Å². The number of rotatable bonds is 5. The third-order valence-electron chi connectivity index (χ3n) is 8.35. The minimum absolute atomic E-state index is 0. The number of hydrogen-bond donors (Lipinski definition) is 3. The number of aromatic amines is 1. The van der Waals surface area contributed by atoms with E-state index in [9.17, 15) is 13.2 Å². The Morgan fingerprint density at radius 1 is 0.746 bits per heavy atom. The van der Waals surface area contributed by atoms with Crippen LogP contribution in [-0.4, -0.2) is 91.3 Å². The summed E-state index contributed by atoms with van der Waals surface area (Å²) in [6.07, 6.45) is 29.3. The molecule has 0 aliphatic heterocycles. The molecular formula is C42H41Cl3N15O6S+. The number of H-pyrrole nitrogens is 1. The second kappa shape index (κ2) is 24.0. The molecule has 0 unspecified atom stereocenters. The van der Waals surface area contributed by atoms with Gasteiger partial charge < -0.3 is 14.5 Å². The highest BCUT2D eigenvalue weighted by Crippen LogP contribution is 2.27. The number of halogens is 3. The number of nitrogen functional groups attached to an aromatic ring is 1. The number of methoxy groups -OCH3 is 2. The average molecular weight is 990 g/mol. The van der Waals surface area contributed by atoms with Crippen molar-refractivity contribution in [1.82, 2.24) is 64.1 Å². The molecule has 0 atom stereocenters. The zero-order valence-corrected chi connectivity index (χ0v) is 38.4. The molecule has 21 nitrogen and oxygen atoms in total. The quantitative estimate of drug-likeness (QED) is 0.0810. The molecule has 9 rings (SSSR count). The van der Waals surface area contributed by atoms with Gasteiger partial charge >= 0.3 is 0 Å². The Morgan fingerprint density at radius 3 is 1.78 bits per heavy atom. The zero-order valence-electron chi connectivity index (χ0n) is 35.3. The van der Waals surface area contributed by atoms with Gasteiger partial charge in [0.1, 0.15) is 20.9 Å². The smallest absolute Gasteiger partial charge is 0.295 e. The standard InChI is InChI=1S/C11H8ClN5O.C10H6ClN5O.C9H12O3S.C7H5ClN2O.C4H6N3.CH4/c1-18-11-8(12)5-14-10(16-11)7-4-15-17-3-2-13-6-9(7)17;11-7-4-13-9(15-10(7)17)6-3-14-16-2-1-12-5-8(6)16;1-6-4-7(2)9(8(3)5-6)13(10,11)12;1-3-6-9-4-5(8)7(10-6)11-2;5-7-3-1-6-2-4-7;/h2-6H,1H3;1-5H,(H,13,15,17);4-5H,1-3H3,(H,10,11,12);1,4H,2H3;1-4H,(H2,5,6);1H4/q;;;;+1;. The summed E-state index contributed by atoms with van der Waals surface area (Å²) in [7, 11) is -1.10. The van der Waals surface area contributed by atoms with Crippen LogP contribution in [0.3, 0.4) is 0 Å². The highest BCUT2D eigenvalue weighted by Gasteiger charge is 2.16. The second-order valence-corrected chi connectivity index (χ2v) is 15.6. The van der Waals surface area contributed by atoms with Crippen LogP contribution in [0.4, 0.5) is 0 Å². The van der Waals surface area contributed by atoms with E-state index in [0.717, 1.165) is 22.2 Å². The molecule has 0 radical (unpaired) electrons. The number of terminal acetylenes is 1. The monoisotopic (exact) mass is 988 g/mol. The van der Waals surface area contributed by atoms with Crippen molar-refractivity contribution in [2.24, 2.45) is 0 Å². The van der Waals surface area contributed by atoms with Crippen LogP contribution in [0, 0.1) is 33.1 Å². The first-order valence-electron chi connectivity index (χ1n) is 18.6. The average Bonchev–Trinajstić information content (AvgIpc) is 3.93. The van der Waals surface area contributed by atoms with E-state index in [1.165, 1.54) is 37.5 Å². The van der Waals surface area contributed by atoms with Gasteiger partial charge in [0.05, 0.1) is 97.0 Å². The van der Waals surface area contributed by atoms with Crippen molar-refractivity contribution in [1.29, 1.82) is 0 Å². The van der Waals surface area contributed by atoms with Crippen molar-refractivity contribution in [2.75, 3.05) is 20.1 Å². The lowest BCUT2D eigenvalue weighted by molar-refractivity contribution is -0.639. The molecule has 4 N–H and O–H groups in total. The third kappa shape index (κ3) is 13.9.